The van der Waals surface area contributed by atoms with Crippen molar-refractivity contribution in [1.82, 2.24) is 0 Å². The average molecular weight is 641 g/mol. The molecule has 4 unspecified atom stereocenters. The van der Waals surface area contributed by atoms with Crippen molar-refractivity contribution in [3.63, 3.8) is 0 Å². The third-order valence-electron chi connectivity index (χ3n) is 6.49. The molecule has 1 rings (SSSR count). The average Bonchev–Trinajstić information content (AvgIpc) is 2.80. The molecule has 1 aliphatic heterocycles. The lowest BCUT2D eigenvalue weighted by Crippen LogP contribution is -2.75. The highest BCUT2D eigenvalue weighted by Gasteiger charge is 2.64. The van der Waals surface area contributed by atoms with Crippen LogP contribution in [0.1, 0.15) is 53.4 Å². The Morgan fingerprint density at radius 1 is 0.472 bits per heavy atom. The molecule has 0 aromatic heterocycles. The summed E-state index contributed by atoms with van der Waals surface area (Å²) >= 11 is 6.93. The van der Waals surface area contributed by atoms with Crippen LogP contribution in [0.5, 0.6) is 0 Å². The smallest absolute Gasteiger partial charge is 0.331 e. The summed E-state index contributed by atoms with van der Waals surface area (Å²) in [5.74, 6) is 0. The summed E-state index contributed by atoms with van der Waals surface area (Å²) in [6.07, 6.45) is 3.74. The van der Waals surface area contributed by atoms with Gasteiger partial charge in [-0.2, -0.15) is 0 Å². The molecule has 4 nitrogen and oxygen atoms in total. The van der Waals surface area contributed by atoms with Crippen molar-refractivity contribution in [1.29, 1.82) is 0 Å². The van der Waals surface area contributed by atoms with E-state index in [-0.39, 0.29) is 19.5 Å². The summed E-state index contributed by atoms with van der Waals surface area (Å²) in [6.45, 7) is 33.9. The lowest BCUT2D eigenvalue weighted by Gasteiger charge is -2.55. The summed E-state index contributed by atoms with van der Waals surface area (Å²) in [5.41, 5.74) is 0. The van der Waals surface area contributed by atoms with Gasteiger partial charge in [0.2, 0.25) is 0 Å². The molecule has 1 saturated heterocycles. The Balaban J connectivity index is 3.90. The van der Waals surface area contributed by atoms with Crippen LogP contribution in [0.15, 0.2) is 47.9 Å². The van der Waals surface area contributed by atoms with Gasteiger partial charge >= 0.3 is 34.2 Å². The summed E-state index contributed by atoms with van der Waals surface area (Å²) in [5, 5.41) is 7.71. The first-order chi connectivity index (χ1) is 16.9. The van der Waals surface area contributed by atoms with Crippen molar-refractivity contribution < 1.29 is 16.5 Å². The number of hydrogen-bond donors (Lipinski definition) is 0. The minimum absolute atomic E-state index is 0.189. The van der Waals surface area contributed by atoms with E-state index in [1.54, 1.807) is 47.0 Å². The van der Waals surface area contributed by atoms with Crippen molar-refractivity contribution in [2.75, 3.05) is 0 Å². The molecule has 0 aliphatic carbocycles. The Morgan fingerprint density at radius 2 is 0.639 bits per heavy atom. The molecule has 0 bridgehead atoms. The van der Waals surface area contributed by atoms with Crippen LogP contribution in [0.4, 0.5) is 0 Å². The maximum Gasteiger partial charge on any atom is 0.331 e. The standard InChI is InChI=1S/C24H48O4S4Si4/c1-13-21(29-17-5)33(9)25-34(10,22(14-2)30-18-6)27-36(12,24(16-4)32-20-8)28-35(11,26-33)23(15-3)31-19-7/h17-24H,5-8,13-16H2,1-4,9-12H3. The molecule has 0 amide bonds. The Labute approximate surface area is 243 Å². The monoisotopic (exact) mass is 640 g/mol. The second-order valence-electron chi connectivity index (χ2n) is 9.27. The van der Waals surface area contributed by atoms with Gasteiger partial charge in [0.1, 0.15) is 0 Å². The zero-order chi connectivity index (χ0) is 27.6. The van der Waals surface area contributed by atoms with Gasteiger partial charge in [-0.05, 0) is 73.5 Å². The van der Waals surface area contributed by atoms with Crippen molar-refractivity contribution >= 4 is 81.3 Å². The SMILES string of the molecule is C=CSC(CC)[Si]1(C)O[Si](C)(C(CC)SC=C)O[Si](C)(C(CC)SC=C)O[Si](C)(C(CC)SC=C)O1. The predicted molar refractivity (Wildman–Crippen MR) is 178 cm³/mol. The molecule has 1 aliphatic rings. The summed E-state index contributed by atoms with van der Waals surface area (Å²) in [6, 6.07) is 0. The third-order valence-corrected chi connectivity index (χ3v) is 36.0. The second kappa shape index (κ2) is 15.7. The largest absolute Gasteiger partial charge is 0.414 e. The first-order valence-corrected chi connectivity index (χ1v) is 26.1. The number of thioether (sulfide) groups is 4. The van der Waals surface area contributed by atoms with Crippen LogP contribution in [-0.2, 0) is 16.5 Å². The second-order valence-corrected chi connectivity index (χ2v) is 29.8. The van der Waals surface area contributed by atoms with Crippen LogP contribution in [0.2, 0.25) is 26.2 Å². The highest BCUT2D eigenvalue weighted by atomic mass is 32.2. The van der Waals surface area contributed by atoms with Crippen molar-refractivity contribution in [2.45, 2.75) is 99.1 Å². The van der Waals surface area contributed by atoms with E-state index in [9.17, 15) is 0 Å². The van der Waals surface area contributed by atoms with E-state index >= 15 is 0 Å². The number of rotatable bonds is 16. The van der Waals surface area contributed by atoms with Crippen LogP contribution in [0, 0.1) is 0 Å². The molecular formula is C24H48O4S4Si4. The van der Waals surface area contributed by atoms with Crippen LogP contribution in [-0.4, -0.2) is 53.7 Å². The normalized spacial score (nSPS) is 34.4. The molecule has 0 aromatic rings. The zero-order valence-corrected chi connectivity index (χ0v) is 30.8. The van der Waals surface area contributed by atoms with E-state index < -0.39 is 34.2 Å². The molecule has 1 fully saturated rings. The van der Waals surface area contributed by atoms with Gasteiger partial charge in [0, 0.05) is 0 Å². The molecule has 4 atom stereocenters. The van der Waals surface area contributed by atoms with Gasteiger partial charge in [-0.3, -0.25) is 0 Å². The molecule has 0 aromatic carbocycles. The first-order valence-electron chi connectivity index (χ1n) is 12.8. The van der Waals surface area contributed by atoms with E-state index in [1.807, 2.05) is 21.6 Å². The Hall–Kier alpha value is 1.07. The van der Waals surface area contributed by atoms with Crippen LogP contribution >= 0.6 is 47.0 Å². The van der Waals surface area contributed by atoms with E-state index in [1.165, 1.54) is 0 Å². The quantitative estimate of drug-likeness (QED) is 0.155. The Bertz CT molecular complexity index is 617. The topological polar surface area (TPSA) is 36.9 Å². The fraction of sp³-hybridized carbons (Fsp3) is 0.667. The number of hydrogen-bond acceptors (Lipinski definition) is 8. The van der Waals surface area contributed by atoms with Gasteiger partial charge < -0.3 is 16.5 Å². The minimum atomic E-state index is -2.82. The summed E-state index contributed by atoms with van der Waals surface area (Å²) < 4.78 is 29.7. The molecule has 0 radical (unpaired) electrons. The van der Waals surface area contributed by atoms with Gasteiger partial charge in [0.05, 0.1) is 19.5 Å². The molecule has 12 heteroatoms. The Kier molecular flexibility index (Phi) is 15.4. The first kappa shape index (κ1) is 35.1. The fourth-order valence-electron chi connectivity index (χ4n) is 5.05. The van der Waals surface area contributed by atoms with Gasteiger partial charge in [-0.1, -0.05) is 54.0 Å². The zero-order valence-electron chi connectivity index (χ0n) is 23.5. The molecule has 1 heterocycles. The van der Waals surface area contributed by atoms with Gasteiger partial charge in [0.15, 0.2) is 0 Å². The van der Waals surface area contributed by atoms with Crippen molar-refractivity contribution in [3.05, 3.63) is 47.9 Å². The molecular weight excluding hydrogens is 593 g/mol. The van der Waals surface area contributed by atoms with E-state index in [0.717, 1.165) is 25.7 Å². The maximum atomic E-state index is 7.43. The van der Waals surface area contributed by atoms with E-state index in [0.29, 0.717) is 0 Å². The summed E-state index contributed by atoms with van der Waals surface area (Å²) in [4.78, 5) is 0.755. The van der Waals surface area contributed by atoms with Crippen molar-refractivity contribution in [2.24, 2.45) is 0 Å². The lowest BCUT2D eigenvalue weighted by molar-refractivity contribution is 0.217. The van der Waals surface area contributed by atoms with Crippen molar-refractivity contribution in [3.8, 4) is 0 Å². The highest BCUT2D eigenvalue weighted by Crippen LogP contribution is 2.45. The van der Waals surface area contributed by atoms with Gasteiger partial charge in [0.25, 0.3) is 0 Å². The molecule has 208 valence electrons. The molecule has 0 saturated carbocycles. The van der Waals surface area contributed by atoms with Crippen LogP contribution in [0.25, 0.3) is 0 Å². The highest BCUT2D eigenvalue weighted by molar-refractivity contribution is 8.05. The Morgan fingerprint density at radius 3 is 0.750 bits per heavy atom. The third kappa shape index (κ3) is 8.53. The van der Waals surface area contributed by atoms with E-state index in [4.69, 9.17) is 16.5 Å². The van der Waals surface area contributed by atoms with Gasteiger partial charge in [-0.25, -0.2) is 0 Å². The fourth-order valence-corrected chi connectivity index (χ4v) is 37.5. The minimum Gasteiger partial charge on any atom is -0.414 e. The molecule has 36 heavy (non-hydrogen) atoms. The summed E-state index contributed by atoms with van der Waals surface area (Å²) in [7, 11) is -11.3. The van der Waals surface area contributed by atoms with Gasteiger partial charge in [-0.15, -0.1) is 47.0 Å². The van der Waals surface area contributed by atoms with Crippen LogP contribution in [0.3, 0.4) is 0 Å². The lowest BCUT2D eigenvalue weighted by atomic mass is 10.6. The van der Waals surface area contributed by atoms with Crippen LogP contribution < -0.4 is 0 Å². The maximum absolute atomic E-state index is 7.43. The van der Waals surface area contributed by atoms with E-state index in [2.05, 4.69) is 80.2 Å². The molecule has 0 N–H and O–H groups in total. The molecule has 0 spiro atoms. The predicted octanol–water partition coefficient (Wildman–Crippen LogP) is 9.13.